The van der Waals surface area contributed by atoms with E-state index in [1.165, 1.54) is 25.2 Å². The number of hydrogen-bond donors (Lipinski definition) is 3. The first kappa shape index (κ1) is 16.0. The van der Waals surface area contributed by atoms with Crippen LogP contribution in [0.3, 0.4) is 0 Å². The van der Waals surface area contributed by atoms with E-state index in [-0.39, 0.29) is 11.6 Å². The number of carboxylic acid groups (broad SMARTS) is 1. The summed E-state index contributed by atoms with van der Waals surface area (Å²) < 4.78 is 25.8. The third-order valence-electron chi connectivity index (χ3n) is 2.78. The predicted octanol–water partition coefficient (Wildman–Crippen LogP) is 0.569. The Balaban J connectivity index is 3.06. The fourth-order valence-electron chi connectivity index (χ4n) is 1.44. The second-order valence-corrected chi connectivity index (χ2v) is 6.24. The van der Waals surface area contributed by atoms with Gasteiger partial charge in [-0.15, -0.1) is 0 Å². The number of amides is 1. The fourth-order valence-corrected chi connectivity index (χ4v) is 2.42. The Morgan fingerprint density at radius 1 is 1.30 bits per heavy atom. The van der Waals surface area contributed by atoms with Crippen molar-refractivity contribution in [3.05, 3.63) is 29.3 Å². The van der Waals surface area contributed by atoms with Gasteiger partial charge in [0.15, 0.2) is 5.25 Å². The highest BCUT2D eigenvalue weighted by molar-refractivity contribution is 7.94. The highest BCUT2D eigenvalue weighted by atomic mass is 32.2. The summed E-state index contributed by atoms with van der Waals surface area (Å²) in [5, 5.41) is 9.63. The Hall–Kier alpha value is -2.09. The molecular formula is C12H16N2O5S. The molecule has 1 aromatic rings. The molecule has 0 aromatic heterocycles. The quantitative estimate of drug-likeness (QED) is 0.736. The number of hydrogen-bond acceptors (Lipinski definition) is 4. The Bertz CT molecular complexity index is 639. The van der Waals surface area contributed by atoms with Crippen LogP contribution in [0.1, 0.15) is 22.8 Å². The molecule has 20 heavy (non-hydrogen) atoms. The molecule has 1 atom stereocenters. The lowest BCUT2D eigenvalue weighted by Crippen LogP contribution is -2.32. The maximum atomic E-state index is 11.8. The van der Waals surface area contributed by atoms with E-state index in [0.29, 0.717) is 11.1 Å². The lowest BCUT2D eigenvalue weighted by molar-refractivity contribution is -0.136. The Morgan fingerprint density at radius 3 is 2.35 bits per heavy atom. The van der Waals surface area contributed by atoms with Gasteiger partial charge in [-0.1, -0.05) is 0 Å². The molecule has 0 aliphatic rings. The lowest BCUT2D eigenvalue weighted by Gasteiger charge is -2.13. The Morgan fingerprint density at radius 2 is 1.90 bits per heavy atom. The molecule has 0 saturated heterocycles. The largest absolute Gasteiger partial charge is 0.480 e. The summed E-state index contributed by atoms with van der Waals surface area (Å²) in [6.45, 7) is 2.70. The number of aryl methyl sites for hydroxylation is 1. The maximum Gasteiger partial charge on any atom is 0.323 e. The minimum absolute atomic E-state index is 0.241. The number of carbonyl (C=O) groups excluding carboxylic acids is 1. The van der Waals surface area contributed by atoms with Crippen molar-refractivity contribution in [1.82, 2.24) is 5.32 Å². The van der Waals surface area contributed by atoms with Crippen molar-refractivity contribution in [2.45, 2.75) is 19.1 Å². The summed E-state index contributed by atoms with van der Waals surface area (Å²) in [4.78, 5) is 22.2. The molecule has 0 fully saturated rings. The SMILES string of the molecule is CNC(=O)c1ccc(NS(=O)(=O)C(C)C(=O)O)c(C)c1. The van der Waals surface area contributed by atoms with Crippen LogP contribution in [-0.4, -0.2) is 37.7 Å². The number of sulfonamides is 1. The maximum absolute atomic E-state index is 11.8. The van der Waals surface area contributed by atoms with Crippen molar-refractivity contribution in [2.75, 3.05) is 11.8 Å². The highest BCUT2D eigenvalue weighted by Gasteiger charge is 2.28. The zero-order chi connectivity index (χ0) is 15.5. The first-order valence-corrected chi connectivity index (χ1v) is 7.31. The minimum atomic E-state index is -4.02. The third kappa shape index (κ3) is 3.47. The molecule has 1 rings (SSSR count). The van der Waals surface area contributed by atoms with Crippen molar-refractivity contribution in [3.63, 3.8) is 0 Å². The summed E-state index contributed by atoms with van der Waals surface area (Å²) in [6, 6.07) is 4.39. The van der Waals surface area contributed by atoms with Crippen LogP contribution in [0.25, 0.3) is 0 Å². The third-order valence-corrected chi connectivity index (χ3v) is 4.42. The van der Waals surface area contributed by atoms with E-state index in [2.05, 4.69) is 10.0 Å². The van der Waals surface area contributed by atoms with E-state index in [9.17, 15) is 18.0 Å². The fraction of sp³-hybridized carbons (Fsp3) is 0.333. The molecule has 8 heteroatoms. The summed E-state index contributed by atoms with van der Waals surface area (Å²) in [7, 11) is -2.53. The molecule has 0 radical (unpaired) electrons. The average molecular weight is 300 g/mol. The van der Waals surface area contributed by atoms with Crippen molar-refractivity contribution in [1.29, 1.82) is 0 Å². The molecule has 0 aliphatic carbocycles. The van der Waals surface area contributed by atoms with E-state index in [1.807, 2.05) is 0 Å². The number of rotatable bonds is 5. The van der Waals surface area contributed by atoms with Crippen LogP contribution >= 0.6 is 0 Å². The van der Waals surface area contributed by atoms with Crippen molar-refractivity contribution < 1.29 is 23.1 Å². The lowest BCUT2D eigenvalue weighted by atomic mass is 10.1. The van der Waals surface area contributed by atoms with Crippen molar-refractivity contribution in [3.8, 4) is 0 Å². The average Bonchev–Trinajstić information content (AvgIpc) is 2.38. The van der Waals surface area contributed by atoms with E-state index < -0.39 is 21.2 Å². The topological polar surface area (TPSA) is 113 Å². The summed E-state index contributed by atoms with van der Waals surface area (Å²) in [6.07, 6.45) is 0. The van der Waals surface area contributed by atoms with Gasteiger partial charge in [0, 0.05) is 12.6 Å². The van der Waals surface area contributed by atoms with Crippen LogP contribution in [0.15, 0.2) is 18.2 Å². The Labute approximate surface area is 117 Å². The second kappa shape index (κ2) is 5.91. The van der Waals surface area contributed by atoms with Gasteiger partial charge in [-0.25, -0.2) is 8.42 Å². The van der Waals surface area contributed by atoms with E-state index in [0.717, 1.165) is 6.92 Å². The molecule has 1 aromatic carbocycles. The van der Waals surface area contributed by atoms with Crippen LogP contribution in [0.5, 0.6) is 0 Å². The number of carboxylic acids is 1. The molecule has 3 N–H and O–H groups in total. The Kier molecular flexibility index (Phi) is 4.72. The van der Waals surface area contributed by atoms with Crippen molar-refractivity contribution in [2.24, 2.45) is 0 Å². The van der Waals surface area contributed by atoms with Gasteiger partial charge in [-0.2, -0.15) is 0 Å². The second-order valence-electron chi connectivity index (χ2n) is 4.24. The molecule has 0 spiro atoms. The van der Waals surface area contributed by atoms with Gasteiger partial charge in [-0.05, 0) is 37.6 Å². The van der Waals surface area contributed by atoms with Crippen LogP contribution in [0.2, 0.25) is 0 Å². The van der Waals surface area contributed by atoms with Gasteiger partial charge < -0.3 is 10.4 Å². The van der Waals surface area contributed by atoms with Crippen LogP contribution in [0.4, 0.5) is 5.69 Å². The number of benzene rings is 1. The first-order valence-electron chi connectivity index (χ1n) is 5.76. The molecule has 0 bridgehead atoms. The summed E-state index contributed by atoms with van der Waals surface area (Å²) in [5.74, 6) is -1.72. The number of anilines is 1. The van der Waals surface area contributed by atoms with Gasteiger partial charge >= 0.3 is 5.97 Å². The van der Waals surface area contributed by atoms with Crippen molar-refractivity contribution >= 4 is 27.6 Å². The molecule has 0 aliphatic heterocycles. The zero-order valence-corrected chi connectivity index (χ0v) is 12.1. The van der Waals surface area contributed by atoms with Crippen LogP contribution < -0.4 is 10.0 Å². The number of nitrogens with one attached hydrogen (secondary N) is 2. The predicted molar refractivity (Wildman–Crippen MR) is 74.2 cm³/mol. The van der Waals surface area contributed by atoms with E-state index in [1.54, 1.807) is 6.92 Å². The minimum Gasteiger partial charge on any atom is -0.480 e. The number of carbonyl (C=O) groups is 2. The van der Waals surface area contributed by atoms with E-state index >= 15 is 0 Å². The molecule has 1 amide bonds. The van der Waals surface area contributed by atoms with Crippen LogP contribution in [0, 0.1) is 6.92 Å². The first-order chi connectivity index (χ1) is 9.19. The van der Waals surface area contributed by atoms with E-state index in [4.69, 9.17) is 5.11 Å². The van der Waals surface area contributed by atoms with Gasteiger partial charge in [-0.3, -0.25) is 14.3 Å². The van der Waals surface area contributed by atoms with Crippen LogP contribution in [-0.2, 0) is 14.8 Å². The standard InChI is InChI=1S/C12H16N2O5S/c1-7-6-9(11(15)13-3)4-5-10(7)14-20(18,19)8(2)12(16)17/h4-6,8,14H,1-3H3,(H,13,15)(H,16,17). The van der Waals surface area contributed by atoms with Gasteiger partial charge in [0.25, 0.3) is 5.91 Å². The monoisotopic (exact) mass is 300 g/mol. The summed E-state index contributed by atoms with van der Waals surface area (Å²) in [5.41, 5.74) is 1.15. The molecule has 1 unspecified atom stereocenters. The van der Waals surface area contributed by atoms with Gasteiger partial charge in [0.2, 0.25) is 10.0 Å². The molecule has 0 saturated carbocycles. The number of aliphatic carboxylic acids is 1. The smallest absolute Gasteiger partial charge is 0.323 e. The molecule has 7 nitrogen and oxygen atoms in total. The zero-order valence-electron chi connectivity index (χ0n) is 11.3. The highest BCUT2D eigenvalue weighted by Crippen LogP contribution is 2.19. The molecular weight excluding hydrogens is 284 g/mol. The van der Waals surface area contributed by atoms with Gasteiger partial charge in [0.05, 0.1) is 5.69 Å². The van der Waals surface area contributed by atoms with Gasteiger partial charge in [0.1, 0.15) is 0 Å². The normalized spacial score (nSPS) is 12.6. The summed E-state index contributed by atoms with van der Waals surface area (Å²) >= 11 is 0. The molecule has 0 heterocycles. The molecule has 110 valence electrons.